The first-order chi connectivity index (χ1) is 45.4. The van der Waals surface area contributed by atoms with Crippen LogP contribution in [0.2, 0.25) is 25.7 Å². The third-order valence-corrected chi connectivity index (χ3v) is 16.4. The first kappa shape index (κ1) is 71.6. The molecule has 5 aromatic carbocycles. The first-order valence-corrected chi connectivity index (χ1v) is 34.1. The van der Waals surface area contributed by atoms with Crippen molar-refractivity contribution in [2.24, 2.45) is 0 Å². The van der Waals surface area contributed by atoms with Crippen molar-refractivity contribution < 1.29 is 124 Å². The Morgan fingerprint density at radius 1 is 0.316 bits per heavy atom. The van der Waals surface area contributed by atoms with Crippen molar-refractivity contribution in [2.75, 3.05) is 26.4 Å². The predicted octanol–water partition coefficient (Wildman–Crippen LogP) is 6.97. The number of hydrogen-bond donors (Lipinski definition) is 0. The third kappa shape index (κ3) is 20.4. The normalized spacial score (nSPS) is 25.6. The molecule has 0 unspecified atom stereocenters. The van der Waals surface area contributed by atoms with Crippen LogP contribution in [0.25, 0.3) is 0 Å². The van der Waals surface area contributed by atoms with E-state index in [0.29, 0.717) is 6.04 Å². The SMILES string of the molecule is CC(=O)OC[C@H]1O[C@H](O[C@@H]2[C@H](OC(=O)c3ccccc3)[C@@H](OC(=O)c3ccccc3)[C@H](O[C@H]3[C@H](OC(=O)c4ccccc4)[C@@H](OC(=O)c4ccccc4)[C@H](OCC[Si](C)(C)C)O[C@@H]3COC(=O)c3ccccc3)O[C@@H]2COC(C)=O)[C@H](OC(C)=O)[C@@H](OC(C)=O)[C@H]1OC(C)=O. The molecule has 8 rings (SSSR count). The largest absolute Gasteiger partial charge is 0.463 e. The van der Waals surface area contributed by atoms with Crippen LogP contribution < -0.4 is 0 Å². The van der Waals surface area contributed by atoms with Crippen LogP contribution in [0.15, 0.2) is 152 Å². The minimum absolute atomic E-state index is 0.00533. The fourth-order valence-corrected chi connectivity index (χ4v) is 11.0. The summed E-state index contributed by atoms with van der Waals surface area (Å²) in [6.45, 7) is 9.07. The van der Waals surface area contributed by atoms with E-state index in [1.54, 1.807) is 66.7 Å². The van der Waals surface area contributed by atoms with Gasteiger partial charge in [0.05, 0.1) is 27.8 Å². The molecule has 0 spiro atoms. The fraction of sp³-hybridized carbons (Fsp3) is 0.412. The Balaban J connectivity index is 1.35. The summed E-state index contributed by atoms with van der Waals surface area (Å²) in [5, 5.41) is 0. The fourth-order valence-electron chi connectivity index (χ4n) is 10.3. The summed E-state index contributed by atoms with van der Waals surface area (Å²) in [6, 6.07) is 38.7. The van der Waals surface area contributed by atoms with Crippen molar-refractivity contribution in [1.82, 2.24) is 0 Å². The summed E-state index contributed by atoms with van der Waals surface area (Å²) >= 11 is 0. The maximum atomic E-state index is 14.9. The number of carbonyl (C=O) groups is 10. The Morgan fingerprint density at radius 2 is 0.589 bits per heavy atom. The minimum Gasteiger partial charge on any atom is -0.463 e. The van der Waals surface area contributed by atoms with Crippen LogP contribution >= 0.6 is 0 Å². The Labute approximate surface area is 547 Å². The maximum absolute atomic E-state index is 14.9. The zero-order chi connectivity index (χ0) is 68.3. The summed E-state index contributed by atoms with van der Waals surface area (Å²) < 4.78 is 100.0. The van der Waals surface area contributed by atoms with E-state index >= 15 is 0 Å². The molecule has 0 aromatic heterocycles. The lowest BCUT2D eigenvalue weighted by atomic mass is 9.95. The van der Waals surface area contributed by atoms with Gasteiger partial charge in [-0.3, -0.25) is 24.0 Å². The quantitative estimate of drug-likeness (QED) is 0.0306. The molecule has 27 heteroatoms. The van der Waals surface area contributed by atoms with Crippen molar-refractivity contribution in [1.29, 1.82) is 0 Å². The average molecular weight is 1340 g/mol. The van der Waals surface area contributed by atoms with Crippen LogP contribution in [0.4, 0.5) is 0 Å². The van der Waals surface area contributed by atoms with Crippen LogP contribution in [-0.4, -0.2) is 186 Å². The molecule has 95 heavy (non-hydrogen) atoms. The van der Waals surface area contributed by atoms with E-state index < -0.39 is 180 Å². The molecule has 5 aromatic rings. The van der Waals surface area contributed by atoms with Crippen LogP contribution in [0.3, 0.4) is 0 Å². The second-order valence-electron chi connectivity index (χ2n) is 23.2. The standard InChI is InChI=1S/C68H74O26Si/c1-39(69)80-36-49-52(83-41(3)71)55(84-42(4)72)59(85-43(5)73)67(87-49)93-53-50(37-81-40(2)70)88-68(60(92-65(78)48-32-22-13-23-33-48)57(53)90-63(76)46-28-18-11-19-29-46)94-54-51(38-82-61(74)44-24-14-9-15-25-44)86-66(79-34-35-95(6,7)8)58(91-64(77)47-30-20-12-21-31-47)56(54)89-62(75)45-26-16-10-17-27-45/h9-33,49-60,66-68H,34-38H2,1-8H3/t49-,50-,51-,52+,53+,54-,55+,56+,57+,58-,59-,60-,66-,67-,68+/m1/s1. The van der Waals surface area contributed by atoms with Crippen molar-refractivity contribution in [2.45, 2.75) is 152 Å². The molecular weight excluding hydrogens is 1260 g/mol. The smallest absolute Gasteiger partial charge is 0.338 e. The van der Waals surface area contributed by atoms with Gasteiger partial charge in [-0.05, 0) is 66.7 Å². The number of carbonyl (C=O) groups excluding carboxylic acids is 10. The lowest BCUT2D eigenvalue weighted by Gasteiger charge is -2.50. The van der Waals surface area contributed by atoms with Crippen LogP contribution in [-0.2, 0) is 99.8 Å². The molecule has 506 valence electrons. The Bertz CT molecular complexity index is 3430. The topological polar surface area (TPSA) is 318 Å². The van der Waals surface area contributed by atoms with Gasteiger partial charge in [0.15, 0.2) is 61.6 Å². The van der Waals surface area contributed by atoms with Gasteiger partial charge in [-0.1, -0.05) is 111 Å². The van der Waals surface area contributed by atoms with Gasteiger partial charge in [0.2, 0.25) is 0 Å². The van der Waals surface area contributed by atoms with Crippen molar-refractivity contribution in [3.8, 4) is 0 Å². The van der Waals surface area contributed by atoms with Gasteiger partial charge < -0.3 is 75.8 Å². The zero-order valence-corrected chi connectivity index (χ0v) is 54.2. The van der Waals surface area contributed by atoms with Gasteiger partial charge in [-0.2, -0.15) is 0 Å². The summed E-state index contributed by atoms with van der Waals surface area (Å²) in [4.78, 5) is 138. The molecule has 0 amide bonds. The number of benzene rings is 5. The van der Waals surface area contributed by atoms with Crippen LogP contribution in [0.5, 0.6) is 0 Å². The zero-order valence-electron chi connectivity index (χ0n) is 53.2. The molecular formula is C68H74O26Si. The highest BCUT2D eigenvalue weighted by molar-refractivity contribution is 6.76. The minimum atomic E-state index is -2.19. The van der Waals surface area contributed by atoms with Gasteiger partial charge in [-0.15, -0.1) is 0 Å². The molecule has 3 saturated heterocycles. The van der Waals surface area contributed by atoms with Gasteiger partial charge in [0.25, 0.3) is 0 Å². The second-order valence-corrected chi connectivity index (χ2v) is 28.9. The highest BCUT2D eigenvalue weighted by atomic mass is 28.3. The van der Waals surface area contributed by atoms with Gasteiger partial charge in [-0.25, -0.2) is 24.0 Å². The molecule has 3 aliphatic heterocycles. The van der Waals surface area contributed by atoms with E-state index in [4.69, 9.17) is 75.8 Å². The van der Waals surface area contributed by atoms with Crippen molar-refractivity contribution in [3.05, 3.63) is 179 Å². The summed E-state index contributed by atoms with van der Waals surface area (Å²) in [6.07, 6.45) is -28.4. The van der Waals surface area contributed by atoms with E-state index in [1.165, 1.54) is 84.9 Å². The molecule has 0 bridgehead atoms. The molecule has 0 saturated carbocycles. The lowest BCUT2D eigenvalue weighted by molar-refractivity contribution is -0.377. The summed E-state index contributed by atoms with van der Waals surface area (Å²) in [7, 11) is -1.92. The number of ether oxygens (including phenoxy) is 16. The van der Waals surface area contributed by atoms with Gasteiger partial charge in [0, 0.05) is 49.3 Å². The molecule has 15 atom stereocenters. The Kier molecular flexibility index (Phi) is 25.4. The van der Waals surface area contributed by atoms with E-state index in [1.807, 2.05) is 0 Å². The van der Waals surface area contributed by atoms with Gasteiger partial charge >= 0.3 is 59.7 Å². The van der Waals surface area contributed by atoms with Crippen LogP contribution in [0, 0.1) is 0 Å². The summed E-state index contributed by atoms with van der Waals surface area (Å²) in [5.74, 6) is -9.80. The number of rotatable bonds is 26. The summed E-state index contributed by atoms with van der Waals surface area (Å²) in [5.41, 5.74) is -0.0435. The molecule has 3 aliphatic rings. The molecule has 26 nitrogen and oxygen atoms in total. The second kappa shape index (κ2) is 33.8. The maximum Gasteiger partial charge on any atom is 0.338 e. The third-order valence-electron chi connectivity index (χ3n) is 14.7. The number of esters is 10. The van der Waals surface area contributed by atoms with E-state index in [2.05, 4.69) is 19.6 Å². The lowest BCUT2D eigenvalue weighted by Crippen LogP contribution is -2.69. The van der Waals surface area contributed by atoms with E-state index in [9.17, 15) is 47.9 Å². The monoisotopic (exact) mass is 1330 g/mol. The van der Waals surface area contributed by atoms with Crippen molar-refractivity contribution in [3.63, 3.8) is 0 Å². The highest BCUT2D eigenvalue weighted by Gasteiger charge is 2.61. The van der Waals surface area contributed by atoms with E-state index in [0.717, 1.165) is 34.6 Å². The molecule has 0 radical (unpaired) electrons. The number of hydrogen-bond acceptors (Lipinski definition) is 26. The molecule has 0 aliphatic carbocycles. The highest BCUT2D eigenvalue weighted by Crippen LogP contribution is 2.39. The molecule has 0 N–H and O–H groups in total. The van der Waals surface area contributed by atoms with Gasteiger partial charge in [0.1, 0.15) is 50.3 Å². The predicted molar refractivity (Wildman–Crippen MR) is 329 cm³/mol. The van der Waals surface area contributed by atoms with Crippen molar-refractivity contribution >= 4 is 67.8 Å². The molecule has 3 heterocycles. The van der Waals surface area contributed by atoms with E-state index in [-0.39, 0.29) is 34.4 Å². The Morgan fingerprint density at radius 3 is 0.937 bits per heavy atom. The average Bonchev–Trinajstić information content (AvgIpc) is 0.788. The first-order valence-electron chi connectivity index (χ1n) is 30.4. The van der Waals surface area contributed by atoms with Crippen LogP contribution in [0.1, 0.15) is 86.4 Å². The molecule has 3 fully saturated rings. The Hall–Kier alpha value is -9.22.